The Labute approximate surface area is 348 Å². The first-order valence-electron chi connectivity index (χ1n) is 24.7. The predicted molar refractivity (Wildman–Crippen MR) is 218 cm³/mol. The lowest BCUT2D eigenvalue weighted by Crippen LogP contribution is -2.58. The summed E-state index contributed by atoms with van der Waals surface area (Å²) in [4.78, 5) is 13.0. The van der Waals surface area contributed by atoms with Gasteiger partial charge < -0.3 is 18.9 Å². The molecule has 0 bridgehead atoms. The molecule has 59 heavy (non-hydrogen) atoms. The van der Waals surface area contributed by atoms with Crippen molar-refractivity contribution in [1.82, 2.24) is 0 Å². The summed E-state index contributed by atoms with van der Waals surface area (Å²) in [5, 5.41) is 0. The lowest BCUT2D eigenvalue weighted by atomic mass is 9.43. The topological polar surface area (TPSA) is 54.0 Å². The molecule has 27 unspecified atom stereocenters. The van der Waals surface area contributed by atoms with Crippen molar-refractivity contribution in [2.75, 3.05) is 28.4 Å². The molecule has 0 aliphatic heterocycles. The maximum Gasteiger partial charge on any atom is 0.305 e. The zero-order valence-corrected chi connectivity index (χ0v) is 35.0. The van der Waals surface area contributed by atoms with Gasteiger partial charge in [0.15, 0.2) is 11.5 Å². The summed E-state index contributed by atoms with van der Waals surface area (Å²) in [5.74, 6) is 24.7. The third kappa shape index (κ3) is 2.76. The molecule has 5 nitrogen and oxygen atoms in total. The fourth-order valence-electron chi connectivity index (χ4n) is 25.7. The van der Waals surface area contributed by atoms with Crippen LogP contribution < -0.4 is 14.2 Å². The van der Waals surface area contributed by atoms with Gasteiger partial charge in [-0.1, -0.05) is 52.2 Å². The second-order valence-corrected chi connectivity index (χ2v) is 24.5. The van der Waals surface area contributed by atoms with Gasteiger partial charge in [-0.2, -0.15) is 0 Å². The van der Waals surface area contributed by atoms with E-state index in [-0.39, 0.29) is 16.8 Å². The fraction of sp³-hybridized carbons (Fsp3) is 0.722. The number of carbonyl (C=O) groups is 1. The summed E-state index contributed by atoms with van der Waals surface area (Å²) >= 11 is 0. The molecule has 0 saturated heterocycles. The lowest BCUT2D eigenvalue weighted by molar-refractivity contribution is -0.140. The second-order valence-electron chi connectivity index (χ2n) is 24.5. The number of fused-ring (bicyclic) bond motifs is 1. The number of ether oxygens (including phenoxy) is 4. The van der Waals surface area contributed by atoms with Crippen LogP contribution in [0.1, 0.15) is 56.9 Å². The molecule has 0 amide bonds. The number of rotatable bonds is 8. The van der Waals surface area contributed by atoms with Crippen LogP contribution in [0.15, 0.2) is 58.2 Å². The number of benzene rings is 1. The highest BCUT2D eigenvalue weighted by Crippen LogP contribution is 2.96. The van der Waals surface area contributed by atoms with Crippen molar-refractivity contribution in [3.05, 3.63) is 63.8 Å². The number of methoxy groups -OCH3 is 4. The van der Waals surface area contributed by atoms with Crippen LogP contribution in [-0.4, -0.2) is 34.4 Å². The summed E-state index contributed by atoms with van der Waals surface area (Å²) in [5.41, 5.74) is 11.3. The van der Waals surface area contributed by atoms with Crippen LogP contribution in [0.3, 0.4) is 0 Å². The second kappa shape index (κ2) is 9.36. The van der Waals surface area contributed by atoms with E-state index in [0.29, 0.717) is 30.1 Å². The standard InChI is InChI=1S/C54H58O5/c1-56-27-8-7-26(50(58-3)51(27)59-4)53(9-5-6-28(55)57-2)52-25-16-23-14-20-12-21-11-18-10-19-13-22-15-24-17-54(52,53)49-35(24)40-34(22)39-30(19)29(18)37-33(21)38-31(20)32(23)41-36(25)48(49)47-45(40)43(39)42(37)44(38)46(41)47/h7-8,13,16-18,20-23,29-31,33-40,42-49,52H,5-6,9-12,14-15H2,1-4H3. The van der Waals surface area contributed by atoms with Crippen LogP contribution in [0.5, 0.6) is 17.2 Å². The summed E-state index contributed by atoms with van der Waals surface area (Å²) in [6, 6.07) is 4.57. The molecule has 0 N–H and O–H groups in total. The zero-order chi connectivity index (χ0) is 38.2. The van der Waals surface area contributed by atoms with Gasteiger partial charge in [0.2, 0.25) is 5.75 Å². The average molecular weight is 787 g/mol. The zero-order valence-electron chi connectivity index (χ0n) is 35.0. The molecule has 0 radical (unpaired) electrons. The smallest absolute Gasteiger partial charge is 0.305 e. The number of hydrogen-bond acceptors (Lipinski definition) is 5. The van der Waals surface area contributed by atoms with Crippen molar-refractivity contribution in [3.8, 4) is 17.2 Å². The minimum atomic E-state index is -0.154. The van der Waals surface area contributed by atoms with Crippen molar-refractivity contribution in [2.45, 2.75) is 56.8 Å². The largest absolute Gasteiger partial charge is 0.493 e. The van der Waals surface area contributed by atoms with E-state index in [2.05, 4.69) is 41.5 Å². The van der Waals surface area contributed by atoms with Crippen molar-refractivity contribution in [1.29, 1.82) is 0 Å². The summed E-state index contributed by atoms with van der Waals surface area (Å²) in [7, 11) is 6.96. The van der Waals surface area contributed by atoms with Gasteiger partial charge in [-0.05, 0) is 187 Å². The number of carbonyl (C=O) groups excluding carboxylic acids is 1. The first-order chi connectivity index (χ1) is 29.0. The molecule has 13 saturated carbocycles. The van der Waals surface area contributed by atoms with Crippen LogP contribution in [0.25, 0.3) is 0 Å². The van der Waals surface area contributed by atoms with E-state index in [0.717, 1.165) is 154 Å². The first-order valence-corrected chi connectivity index (χ1v) is 24.7. The number of hydrogen-bond donors (Lipinski definition) is 0. The Kier molecular flexibility index (Phi) is 5.05. The van der Waals surface area contributed by atoms with Gasteiger partial charge in [0.1, 0.15) is 0 Å². The molecule has 0 heterocycles. The highest BCUT2D eigenvalue weighted by Gasteiger charge is 2.92. The molecule has 17 aliphatic carbocycles. The van der Waals surface area contributed by atoms with E-state index < -0.39 is 0 Å². The molecule has 1 spiro atoms. The van der Waals surface area contributed by atoms with Crippen LogP contribution in [0.4, 0.5) is 0 Å². The highest BCUT2D eigenvalue weighted by molar-refractivity contribution is 5.71. The van der Waals surface area contributed by atoms with Gasteiger partial charge in [0.05, 0.1) is 28.4 Å². The maximum absolute atomic E-state index is 13.0. The molecule has 18 rings (SSSR count). The van der Waals surface area contributed by atoms with Crippen LogP contribution >= 0.6 is 0 Å². The van der Waals surface area contributed by atoms with Crippen LogP contribution in [0.2, 0.25) is 0 Å². The third-order valence-corrected chi connectivity index (χ3v) is 24.9. The molecular formula is C54H58O5. The highest BCUT2D eigenvalue weighted by atomic mass is 16.5. The van der Waals surface area contributed by atoms with Crippen molar-refractivity contribution >= 4 is 5.97 Å². The van der Waals surface area contributed by atoms with Gasteiger partial charge in [0, 0.05) is 34.7 Å². The maximum atomic E-state index is 13.0. The molecule has 27 atom stereocenters. The summed E-state index contributed by atoms with van der Waals surface area (Å²) in [6.45, 7) is 0. The molecule has 0 aromatic heterocycles. The first kappa shape index (κ1) is 31.8. The fourth-order valence-corrected chi connectivity index (χ4v) is 25.7. The monoisotopic (exact) mass is 786 g/mol. The number of esters is 1. The van der Waals surface area contributed by atoms with Gasteiger partial charge >= 0.3 is 5.97 Å². The Morgan fingerprint density at radius 2 is 1.42 bits per heavy atom. The third-order valence-electron chi connectivity index (χ3n) is 24.9. The minimum Gasteiger partial charge on any atom is -0.493 e. The van der Waals surface area contributed by atoms with Gasteiger partial charge in [-0.25, -0.2) is 0 Å². The number of allylic oxidation sites excluding steroid dienone is 8. The van der Waals surface area contributed by atoms with Gasteiger partial charge in [-0.3, -0.25) is 4.79 Å². The van der Waals surface area contributed by atoms with E-state index in [9.17, 15) is 4.79 Å². The molecule has 17 aliphatic rings. The molecule has 1 aromatic carbocycles. The average Bonchev–Trinajstić information content (AvgIpc) is 3.94. The lowest BCUT2D eigenvalue weighted by Gasteiger charge is -2.61. The van der Waals surface area contributed by atoms with E-state index in [4.69, 9.17) is 18.9 Å². The quantitative estimate of drug-likeness (QED) is 0.195. The van der Waals surface area contributed by atoms with Crippen LogP contribution in [0, 0.1) is 153 Å². The van der Waals surface area contributed by atoms with Crippen molar-refractivity contribution in [2.24, 2.45) is 153 Å². The van der Waals surface area contributed by atoms with Gasteiger partial charge in [-0.15, -0.1) is 0 Å². The predicted octanol–water partition coefficient (Wildman–Crippen LogP) is 8.94. The Morgan fingerprint density at radius 1 is 0.661 bits per heavy atom. The van der Waals surface area contributed by atoms with E-state index >= 15 is 0 Å². The summed E-state index contributed by atoms with van der Waals surface area (Å²) in [6.07, 6.45) is 18.8. The minimum absolute atomic E-state index is 0.0550. The normalized spacial score (nSPS) is 61.4. The van der Waals surface area contributed by atoms with E-state index in [1.165, 1.54) is 24.8 Å². The Bertz CT molecular complexity index is 2450. The molecule has 1 aromatic rings. The van der Waals surface area contributed by atoms with E-state index in [1.807, 2.05) is 23.8 Å². The van der Waals surface area contributed by atoms with E-state index in [1.54, 1.807) is 34.2 Å². The molecule has 13 fully saturated rings. The Morgan fingerprint density at radius 3 is 2.25 bits per heavy atom. The molecule has 5 heteroatoms. The van der Waals surface area contributed by atoms with Crippen LogP contribution in [-0.2, 0) is 14.9 Å². The SMILES string of the molecule is COC(=O)CCCC1(c2ccc(OC)c(OC)c2OC)C2C3=CC4CC5CC6CC7CC8=CC9CC%10=CC21C1C%10C2C9C9C8C7C7C6C6C5C4=C4C3C1C1C4C6C7C9C21. The molecule has 304 valence electrons. The van der Waals surface area contributed by atoms with Gasteiger partial charge in [0.25, 0.3) is 0 Å². The Hall–Kier alpha value is -2.95. The molecular weight excluding hydrogens is 729 g/mol. The van der Waals surface area contributed by atoms with Crippen molar-refractivity contribution in [3.63, 3.8) is 0 Å². The Balaban J connectivity index is 0.952. The van der Waals surface area contributed by atoms with Crippen molar-refractivity contribution < 1.29 is 23.7 Å². The summed E-state index contributed by atoms with van der Waals surface area (Å²) < 4.78 is 24.1.